The zero-order valence-corrected chi connectivity index (χ0v) is 13.5. The molecular weight excluding hydrogens is 395 g/mol. The highest BCUT2D eigenvalue weighted by atomic mass is 127. The van der Waals surface area contributed by atoms with Crippen LogP contribution in [0.25, 0.3) is 11.4 Å². The number of rotatable bonds is 4. The summed E-state index contributed by atoms with van der Waals surface area (Å²) in [6.07, 6.45) is 0. The largest absolute Gasteiger partial charge is 0.478 e. The summed E-state index contributed by atoms with van der Waals surface area (Å²) in [5.41, 5.74) is 2.09. The summed E-state index contributed by atoms with van der Waals surface area (Å²) in [5, 5.41) is 21.3. The Hall–Kier alpha value is -2.29. The second-order valence-corrected chi connectivity index (χ2v) is 5.90. The number of nitrogens with zero attached hydrogens (tertiary/aromatic N) is 4. The van der Waals surface area contributed by atoms with E-state index in [0.29, 0.717) is 12.4 Å². The molecule has 3 rings (SSSR count). The quantitative estimate of drug-likeness (QED) is 0.674. The van der Waals surface area contributed by atoms with E-state index >= 15 is 0 Å². The second-order valence-electron chi connectivity index (χ2n) is 4.66. The van der Waals surface area contributed by atoms with Crippen molar-refractivity contribution in [2.24, 2.45) is 0 Å². The van der Waals surface area contributed by atoms with E-state index in [9.17, 15) is 4.79 Å². The van der Waals surface area contributed by atoms with Crippen LogP contribution in [0.3, 0.4) is 0 Å². The average Bonchev–Trinajstić information content (AvgIpc) is 2.96. The smallest absolute Gasteiger partial charge is 0.335 e. The van der Waals surface area contributed by atoms with E-state index in [1.807, 2.05) is 24.3 Å². The number of benzene rings is 2. The third kappa shape index (κ3) is 3.30. The maximum absolute atomic E-state index is 10.8. The third-order valence-electron chi connectivity index (χ3n) is 3.06. The topological polar surface area (TPSA) is 80.9 Å². The molecule has 0 aliphatic rings. The molecule has 3 aromatic rings. The monoisotopic (exact) mass is 406 g/mol. The van der Waals surface area contributed by atoms with E-state index in [4.69, 9.17) is 5.11 Å². The zero-order valence-electron chi connectivity index (χ0n) is 11.3. The molecular formula is C15H11IN4O2. The van der Waals surface area contributed by atoms with Gasteiger partial charge in [0.15, 0.2) is 0 Å². The lowest BCUT2D eigenvalue weighted by Crippen LogP contribution is -2.04. The SMILES string of the molecule is O=C(O)c1ccc(Cn2nnc(-c3cccc(I)c3)n2)cc1. The van der Waals surface area contributed by atoms with Gasteiger partial charge >= 0.3 is 5.97 Å². The van der Waals surface area contributed by atoms with Gasteiger partial charge in [0.25, 0.3) is 0 Å². The molecule has 0 amide bonds. The van der Waals surface area contributed by atoms with E-state index in [2.05, 4.69) is 38.0 Å². The minimum Gasteiger partial charge on any atom is -0.478 e. The van der Waals surface area contributed by atoms with Crippen LogP contribution in [0.2, 0.25) is 0 Å². The predicted molar refractivity (Wildman–Crippen MR) is 88.5 cm³/mol. The molecule has 2 aromatic carbocycles. The van der Waals surface area contributed by atoms with Crippen molar-refractivity contribution in [3.05, 3.63) is 63.2 Å². The van der Waals surface area contributed by atoms with Crippen molar-refractivity contribution < 1.29 is 9.90 Å². The summed E-state index contributed by atoms with van der Waals surface area (Å²) in [7, 11) is 0. The number of carboxylic acids is 1. The van der Waals surface area contributed by atoms with Crippen molar-refractivity contribution >= 4 is 28.6 Å². The maximum atomic E-state index is 10.8. The van der Waals surface area contributed by atoms with E-state index < -0.39 is 5.97 Å². The molecule has 110 valence electrons. The molecule has 0 spiro atoms. The first-order valence-electron chi connectivity index (χ1n) is 6.48. The number of hydrogen-bond donors (Lipinski definition) is 1. The van der Waals surface area contributed by atoms with Gasteiger partial charge in [-0.25, -0.2) is 4.79 Å². The van der Waals surface area contributed by atoms with Gasteiger partial charge in [0.2, 0.25) is 5.82 Å². The minimum atomic E-state index is -0.939. The van der Waals surface area contributed by atoms with Crippen molar-refractivity contribution in [3.63, 3.8) is 0 Å². The summed E-state index contributed by atoms with van der Waals surface area (Å²) in [6.45, 7) is 0.441. The fraction of sp³-hybridized carbons (Fsp3) is 0.0667. The molecule has 0 saturated carbocycles. The Morgan fingerprint density at radius 3 is 2.64 bits per heavy atom. The molecule has 1 aromatic heterocycles. The lowest BCUT2D eigenvalue weighted by molar-refractivity contribution is 0.0697. The first-order valence-corrected chi connectivity index (χ1v) is 7.56. The highest BCUT2D eigenvalue weighted by Crippen LogP contribution is 2.16. The maximum Gasteiger partial charge on any atom is 0.335 e. The Kier molecular flexibility index (Phi) is 4.14. The van der Waals surface area contributed by atoms with E-state index in [0.717, 1.165) is 14.7 Å². The third-order valence-corrected chi connectivity index (χ3v) is 3.73. The average molecular weight is 406 g/mol. The van der Waals surface area contributed by atoms with Crippen LogP contribution in [0, 0.1) is 3.57 Å². The molecule has 0 radical (unpaired) electrons. The summed E-state index contributed by atoms with van der Waals surface area (Å²) in [5.74, 6) is -0.368. The van der Waals surface area contributed by atoms with Gasteiger partial charge in [0.05, 0.1) is 12.1 Å². The van der Waals surface area contributed by atoms with Crippen LogP contribution in [0.15, 0.2) is 48.5 Å². The molecule has 7 heteroatoms. The molecule has 1 N–H and O–H groups in total. The summed E-state index contributed by atoms with van der Waals surface area (Å²) in [6, 6.07) is 14.5. The van der Waals surface area contributed by atoms with Gasteiger partial charge in [-0.15, -0.1) is 10.2 Å². The van der Waals surface area contributed by atoms with E-state index in [1.54, 1.807) is 24.3 Å². The zero-order chi connectivity index (χ0) is 15.5. The molecule has 22 heavy (non-hydrogen) atoms. The van der Waals surface area contributed by atoms with Crippen LogP contribution < -0.4 is 0 Å². The number of hydrogen-bond acceptors (Lipinski definition) is 4. The van der Waals surface area contributed by atoms with Crippen molar-refractivity contribution in [2.45, 2.75) is 6.54 Å². The van der Waals surface area contributed by atoms with Crippen molar-refractivity contribution in [1.29, 1.82) is 0 Å². The Morgan fingerprint density at radius 1 is 1.18 bits per heavy atom. The van der Waals surface area contributed by atoms with E-state index in [1.165, 1.54) is 4.80 Å². The number of halogens is 1. The Morgan fingerprint density at radius 2 is 1.95 bits per heavy atom. The first kappa shape index (κ1) is 14.6. The van der Waals surface area contributed by atoms with Gasteiger partial charge in [-0.1, -0.05) is 24.3 Å². The molecule has 0 saturated heterocycles. The lowest BCUT2D eigenvalue weighted by Gasteiger charge is -2.00. The summed E-state index contributed by atoms with van der Waals surface area (Å²) in [4.78, 5) is 12.3. The standard InChI is InChI=1S/C15H11IN4O2/c16-13-3-1-2-12(8-13)14-17-19-20(18-14)9-10-4-6-11(7-5-10)15(21)22/h1-8H,9H2,(H,21,22). The van der Waals surface area contributed by atoms with Gasteiger partial charge < -0.3 is 5.11 Å². The van der Waals surface area contributed by atoms with Gasteiger partial charge in [0.1, 0.15) is 0 Å². The highest BCUT2D eigenvalue weighted by molar-refractivity contribution is 14.1. The Bertz CT molecular complexity index is 814. The fourth-order valence-corrected chi connectivity index (χ4v) is 2.51. The van der Waals surface area contributed by atoms with Crippen LogP contribution in [0.4, 0.5) is 0 Å². The number of carboxylic acid groups (broad SMARTS) is 1. The Balaban J connectivity index is 1.78. The van der Waals surface area contributed by atoms with Crippen LogP contribution >= 0.6 is 22.6 Å². The molecule has 0 unspecified atom stereocenters. The van der Waals surface area contributed by atoms with Gasteiger partial charge in [-0.2, -0.15) is 4.80 Å². The van der Waals surface area contributed by atoms with Crippen molar-refractivity contribution in [3.8, 4) is 11.4 Å². The van der Waals surface area contributed by atoms with Crippen molar-refractivity contribution in [1.82, 2.24) is 20.2 Å². The number of aromatic carboxylic acids is 1. The first-order chi connectivity index (χ1) is 10.6. The molecule has 0 fully saturated rings. The van der Waals surface area contributed by atoms with Crippen molar-refractivity contribution in [2.75, 3.05) is 0 Å². The van der Waals surface area contributed by atoms with Crippen LogP contribution in [0.1, 0.15) is 15.9 Å². The molecule has 0 aliphatic heterocycles. The highest BCUT2D eigenvalue weighted by Gasteiger charge is 2.07. The second kappa shape index (κ2) is 6.22. The summed E-state index contributed by atoms with van der Waals surface area (Å²) < 4.78 is 1.11. The van der Waals surface area contributed by atoms with Crippen LogP contribution in [0.5, 0.6) is 0 Å². The summed E-state index contributed by atoms with van der Waals surface area (Å²) >= 11 is 2.24. The van der Waals surface area contributed by atoms with E-state index in [-0.39, 0.29) is 5.56 Å². The molecule has 0 atom stereocenters. The van der Waals surface area contributed by atoms with Crippen LogP contribution in [-0.4, -0.2) is 31.3 Å². The predicted octanol–water partition coefficient (Wildman–Crippen LogP) is 2.69. The fourth-order valence-electron chi connectivity index (χ4n) is 1.97. The van der Waals surface area contributed by atoms with Gasteiger partial charge in [-0.3, -0.25) is 0 Å². The van der Waals surface area contributed by atoms with Gasteiger partial charge in [0, 0.05) is 9.13 Å². The molecule has 0 aliphatic carbocycles. The normalized spacial score (nSPS) is 10.6. The number of aromatic nitrogens is 4. The minimum absolute atomic E-state index is 0.259. The van der Waals surface area contributed by atoms with Gasteiger partial charge in [-0.05, 0) is 57.6 Å². The Labute approximate surface area is 139 Å². The van der Waals surface area contributed by atoms with Crippen LogP contribution in [-0.2, 0) is 6.54 Å². The molecule has 6 nitrogen and oxygen atoms in total. The molecule has 1 heterocycles. The number of tetrazole rings is 1. The molecule has 0 bridgehead atoms. The number of carbonyl (C=O) groups is 1. The lowest BCUT2D eigenvalue weighted by atomic mass is 10.1.